The fourth-order valence-corrected chi connectivity index (χ4v) is 12.8. The first-order chi connectivity index (χ1) is 22.1. The monoisotopic (exact) mass is 660 g/mol. The molecule has 0 radical (unpaired) electrons. The maximum Gasteiger partial charge on any atom is 0.353 e. The summed E-state index contributed by atoms with van der Waals surface area (Å²) in [6.07, 6.45) is 2.86. The molecule has 1 aromatic carbocycles. The highest BCUT2D eigenvalue weighted by molar-refractivity contribution is 6.77. The zero-order valence-electron chi connectivity index (χ0n) is 29.8. The first-order valence-electron chi connectivity index (χ1n) is 16.8. The molecule has 0 bridgehead atoms. The topological polar surface area (TPSA) is 111 Å². The zero-order chi connectivity index (χ0) is 34.3. The van der Waals surface area contributed by atoms with Crippen LogP contribution in [0.2, 0.25) is 16.6 Å². The van der Waals surface area contributed by atoms with Crippen LogP contribution in [-0.4, -0.2) is 57.4 Å². The molecule has 12 heteroatoms. The van der Waals surface area contributed by atoms with E-state index in [0.717, 1.165) is 35.9 Å². The first-order valence-corrected chi connectivity index (χ1v) is 19.0. The van der Waals surface area contributed by atoms with Gasteiger partial charge in [0.15, 0.2) is 11.4 Å². The summed E-state index contributed by atoms with van der Waals surface area (Å²) in [5.41, 5.74) is 7.43. The SMILES string of the molecule is Cc1ccc(-n2nc(C(C)(C)C)cc2NC(=O)NOc2ccc3nnc(N4CCC(O[Si](C(C)C)(C(C)C)C(C)C)C4C)n3c2)cc1. The molecule has 254 valence electrons. The quantitative estimate of drug-likeness (QED) is 0.132. The lowest BCUT2D eigenvalue weighted by Crippen LogP contribution is -2.52. The Morgan fingerprint density at radius 1 is 0.979 bits per heavy atom. The van der Waals surface area contributed by atoms with E-state index in [1.807, 2.05) is 47.7 Å². The third-order valence-corrected chi connectivity index (χ3v) is 15.7. The maximum absolute atomic E-state index is 13.1. The predicted molar refractivity (Wildman–Crippen MR) is 190 cm³/mol. The molecule has 3 aromatic heterocycles. The second-order valence-corrected chi connectivity index (χ2v) is 20.3. The third-order valence-electron chi connectivity index (χ3n) is 9.62. The number of amides is 2. The zero-order valence-corrected chi connectivity index (χ0v) is 30.8. The van der Waals surface area contributed by atoms with Crippen LogP contribution in [0, 0.1) is 6.92 Å². The van der Waals surface area contributed by atoms with Crippen LogP contribution in [0.3, 0.4) is 0 Å². The average Bonchev–Trinajstić information content (AvgIpc) is 3.71. The van der Waals surface area contributed by atoms with Gasteiger partial charge in [-0.25, -0.2) is 9.48 Å². The number of pyridine rings is 1. The summed E-state index contributed by atoms with van der Waals surface area (Å²) in [4.78, 5) is 21.1. The molecule has 1 saturated heterocycles. The number of anilines is 2. The Labute approximate surface area is 280 Å². The smallest absolute Gasteiger partial charge is 0.353 e. The molecule has 47 heavy (non-hydrogen) atoms. The number of aryl methyl sites for hydroxylation is 1. The average molecular weight is 661 g/mol. The summed E-state index contributed by atoms with van der Waals surface area (Å²) in [6.45, 7) is 25.3. The molecule has 2 amide bonds. The first kappa shape index (κ1) is 34.4. The van der Waals surface area contributed by atoms with Crippen molar-refractivity contribution in [2.45, 2.75) is 117 Å². The van der Waals surface area contributed by atoms with E-state index in [2.05, 4.69) is 95.1 Å². The van der Waals surface area contributed by atoms with Crippen LogP contribution in [0.4, 0.5) is 16.6 Å². The van der Waals surface area contributed by atoms with Crippen LogP contribution >= 0.6 is 0 Å². The van der Waals surface area contributed by atoms with E-state index in [9.17, 15) is 4.79 Å². The molecule has 5 rings (SSSR count). The Hall–Kier alpha value is -3.90. The van der Waals surface area contributed by atoms with Crippen molar-refractivity contribution in [2.24, 2.45) is 0 Å². The van der Waals surface area contributed by atoms with Gasteiger partial charge in [0.1, 0.15) is 5.82 Å². The van der Waals surface area contributed by atoms with Gasteiger partial charge in [0.25, 0.3) is 0 Å². The molecule has 0 spiro atoms. The molecule has 0 saturated carbocycles. The van der Waals surface area contributed by atoms with E-state index in [1.165, 1.54) is 0 Å². The van der Waals surface area contributed by atoms with Crippen molar-refractivity contribution in [1.29, 1.82) is 0 Å². The second kappa shape index (κ2) is 13.3. The Bertz CT molecular complexity index is 1670. The van der Waals surface area contributed by atoms with E-state index in [1.54, 1.807) is 16.9 Å². The Balaban J connectivity index is 1.30. The van der Waals surface area contributed by atoms with Gasteiger partial charge in [0.2, 0.25) is 14.3 Å². The van der Waals surface area contributed by atoms with Gasteiger partial charge in [0, 0.05) is 18.0 Å². The summed E-state index contributed by atoms with van der Waals surface area (Å²) in [6, 6.07) is 13.1. The van der Waals surface area contributed by atoms with Gasteiger partial charge in [-0.1, -0.05) is 80.0 Å². The van der Waals surface area contributed by atoms with Crippen molar-refractivity contribution in [3.05, 3.63) is 59.9 Å². The lowest BCUT2D eigenvalue weighted by atomic mass is 9.92. The van der Waals surface area contributed by atoms with Gasteiger partial charge in [-0.05, 0) is 61.2 Å². The number of hydrogen-bond acceptors (Lipinski definition) is 7. The van der Waals surface area contributed by atoms with E-state index in [4.69, 9.17) is 14.4 Å². The Kier molecular flexibility index (Phi) is 9.75. The van der Waals surface area contributed by atoms with Crippen molar-refractivity contribution < 1.29 is 14.1 Å². The summed E-state index contributed by atoms with van der Waals surface area (Å²) in [5, 5.41) is 16.7. The Morgan fingerprint density at radius 2 is 1.64 bits per heavy atom. The number of fused-ring (bicyclic) bond motifs is 1. The fourth-order valence-electron chi connectivity index (χ4n) is 7.10. The molecule has 11 nitrogen and oxygen atoms in total. The number of hydroxylamine groups is 1. The highest BCUT2D eigenvalue weighted by Crippen LogP contribution is 2.45. The van der Waals surface area contributed by atoms with E-state index >= 15 is 0 Å². The minimum absolute atomic E-state index is 0.123. The standard InChI is InChI=1S/C35H52N8O3Si/c1-22(2)47(23(3)4,24(5)6)46-29-18-19-41(26(29)8)34-38-37-31-17-16-28(21-42(31)34)45-40-33(44)36-32-20-30(35(9,10)11)39-43(32)27-14-12-25(7)13-15-27/h12-17,20-24,26,29H,18-19H2,1-11H3,(H2,36,40,44). The van der Waals surface area contributed by atoms with Gasteiger partial charge in [0.05, 0.1) is 29.7 Å². The van der Waals surface area contributed by atoms with Gasteiger partial charge < -0.3 is 14.2 Å². The van der Waals surface area contributed by atoms with Crippen molar-refractivity contribution >= 4 is 31.8 Å². The number of urea groups is 1. The highest BCUT2D eigenvalue weighted by Gasteiger charge is 2.49. The molecular formula is C35H52N8O3Si. The summed E-state index contributed by atoms with van der Waals surface area (Å²) in [7, 11) is -2.04. The van der Waals surface area contributed by atoms with Crippen LogP contribution in [0.5, 0.6) is 5.75 Å². The molecule has 0 aliphatic carbocycles. The van der Waals surface area contributed by atoms with Crippen molar-refractivity contribution in [3.8, 4) is 11.4 Å². The number of rotatable bonds is 10. The van der Waals surface area contributed by atoms with Crippen molar-refractivity contribution in [3.63, 3.8) is 0 Å². The van der Waals surface area contributed by atoms with E-state index in [0.29, 0.717) is 33.8 Å². The van der Waals surface area contributed by atoms with E-state index in [-0.39, 0.29) is 17.6 Å². The van der Waals surface area contributed by atoms with Crippen molar-refractivity contribution in [1.82, 2.24) is 29.9 Å². The minimum atomic E-state index is -2.04. The van der Waals surface area contributed by atoms with Gasteiger partial charge >= 0.3 is 6.03 Å². The van der Waals surface area contributed by atoms with Gasteiger partial charge in [-0.3, -0.25) is 9.72 Å². The molecule has 2 unspecified atom stereocenters. The third kappa shape index (κ3) is 6.89. The molecule has 4 heterocycles. The Morgan fingerprint density at radius 3 is 2.26 bits per heavy atom. The number of carbonyl (C=O) groups excluding carboxylic acids is 1. The van der Waals surface area contributed by atoms with Crippen LogP contribution in [0.15, 0.2) is 48.7 Å². The molecule has 2 atom stereocenters. The lowest BCUT2D eigenvalue weighted by Gasteiger charge is -2.45. The fraction of sp³-hybridized carbons (Fsp3) is 0.543. The van der Waals surface area contributed by atoms with Crippen LogP contribution in [0.25, 0.3) is 11.3 Å². The summed E-state index contributed by atoms with van der Waals surface area (Å²) in [5.74, 6) is 1.72. The number of aromatic nitrogens is 5. The number of carbonyl (C=O) groups is 1. The lowest BCUT2D eigenvalue weighted by molar-refractivity contribution is 0.168. The van der Waals surface area contributed by atoms with Gasteiger partial charge in [-0.2, -0.15) is 10.6 Å². The van der Waals surface area contributed by atoms with Crippen LogP contribution < -0.4 is 20.5 Å². The van der Waals surface area contributed by atoms with Gasteiger partial charge in [-0.15, -0.1) is 10.2 Å². The normalized spacial score (nSPS) is 17.4. The molecule has 1 aliphatic rings. The molecule has 1 fully saturated rings. The molecule has 1 aliphatic heterocycles. The number of nitrogens with zero attached hydrogens (tertiary/aromatic N) is 6. The summed E-state index contributed by atoms with van der Waals surface area (Å²) >= 11 is 0. The molecule has 2 N–H and O–H groups in total. The van der Waals surface area contributed by atoms with Crippen LogP contribution in [0.1, 0.15) is 86.9 Å². The predicted octanol–water partition coefficient (Wildman–Crippen LogP) is 7.80. The van der Waals surface area contributed by atoms with E-state index < -0.39 is 14.3 Å². The number of nitrogens with one attached hydrogen (secondary N) is 2. The molecule has 4 aromatic rings. The highest BCUT2D eigenvalue weighted by atomic mass is 28.4. The van der Waals surface area contributed by atoms with Crippen LogP contribution in [-0.2, 0) is 9.84 Å². The largest absolute Gasteiger partial charge is 0.411 e. The molecular weight excluding hydrogens is 609 g/mol. The van der Waals surface area contributed by atoms with Crippen molar-refractivity contribution in [2.75, 3.05) is 16.8 Å². The number of benzene rings is 1. The minimum Gasteiger partial charge on any atom is -0.411 e. The second-order valence-electron chi connectivity index (χ2n) is 14.9. The maximum atomic E-state index is 13.1. The number of hydrogen-bond donors (Lipinski definition) is 2. The summed E-state index contributed by atoms with van der Waals surface area (Å²) < 4.78 is 10.8.